The fourth-order valence-corrected chi connectivity index (χ4v) is 1.86. The lowest BCUT2D eigenvalue weighted by molar-refractivity contribution is -0.383. The molecule has 0 spiro atoms. The Bertz CT molecular complexity index is 529. The summed E-state index contributed by atoms with van der Waals surface area (Å²) < 4.78 is 5.45. The quantitative estimate of drug-likeness (QED) is 0.328. The molecular weight excluding hydrogens is 274 g/mol. The normalized spacial score (nSPS) is 13.9. The highest BCUT2D eigenvalue weighted by molar-refractivity contribution is 5.95. The summed E-state index contributed by atoms with van der Waals surface area (Å²) in [6.45, 7) is 1.89. The molecule has 1 aliphatic carbocycles. The van der Waals surface area contributed by atoms with E-state index in [1.54, 1.807) is 0 Å². The van der Waals surface area contributed by atoms with Gasteiger partial charge in [0.2, 0.25) is 0 Å². The third-order valence-electron chi connectivity index (χ3n) is 3.29. The van der Waals surface area contributed by atoms with Crippen LogP contribution in [-0.4, -0.2) is 30.6 Å². The molecule has 0 aliphatic heterocycles. The average molecular weight is 293 g/mol. The van der Waals surface area contributed by atoms with Crippen molar-refractivity contribution in [3.05, 3.63) is 33.9 Å². The van der Waals surface area contributed by atoms with Gasteiger partial charge in [0.1, 0.15) is 5.69 Å². The lowest BCUT2D eigenvalue weighted by atomic mass is 10.1. The van der Waals surface area contributed by atoms with Crippen LogP contribution in [0.25, 0.3) is 0 Å². The molecule has 3 N–H and O–H groups in total. The smallest absolute Gasteiger partial charge is 0.292 e. The number of hydrogen-bond acceptors (Lipinski definition) is 5. The average Bonchev–Trinajstić information content (AvgIpc) is 3.26. The molecule has 7 nitrogen and oxygen atoms in total. The highest BCUT2D eigenvalue weighted by Crippen LogP contribution is 2.28. The summed E-state index contributed by atoms with van der Waals surface area (Å²) in [5.74, 6) is 0.384. The number of nitrogens with one attached hydrogen (secondary N) is 1. The SMILES string of the molecule is Nc1ccc(C(=O)NCCCOCC2CC2)cc1[N+](=O)[O-]. The number of nitrogens with two attached hydrogens (primary N) is 1. The zero-order valence-electron chi connectivity index (χ0n) is 11.7. The molecule has 0 bridgehead atoms. The Kier molecular flexibility index (Phi) is 5.10. The standard InChI is InChI=1S/C14H19N3O4/c15-12-5-4-11(8-13(12)17(19)20)14(18)16-6-1-7-21-9-10-2-3-10/h4-5,8,10H,1-3,6-7,9,15H2,(H,16,18). The van der Waals surface area contributed by atoms with Gasteiger partial charge in [0.25, 0.3) is 11.6 Å². The van der Waals surface area contributed by atoms with E-state index in [1.165, 1.54) is 31.0 Å². The number of ether oxygens (including phenoxy) is 1. The van der Waals surface area contributed by atoms with Crippen molar-refractivity contribution in [2.75, 3.05) is 25.5 Å². The maximum absolute atomic E-state index is 11.9. The molecule has 1 aliphatic rings. The van der Waals surface area contributed by atoms with Gasteiger partial charge in [-0.2, -0.15) is 0 Å². The van der Waals surface area contributed by atoms with Crippen molar-refractivity contribution >= 4 is 17.3 Å². The summed E-state index contributed by atoms with van der Waals surface area (Å²) in [7, 11) is 0. The monoisotopic (exact) mass is 293 g/mol. The summed E-state index contributed by atoms with van der Waals surface area (Å²) in [6, 6.07) is 4.03. The van der Waals surface area contributed by atoms with Crippen LogP contribution in [-0.2, 0) is 4.74 Å². The Morgan fingerprint density at radius 1 is 1.48 bits per heavy atom. The lowest BCUT2D eigenvalue weighted by Crippen LogP contribution is -2.25. The van der Waals surface area contributed by atoms with Gasteiger partial charge in [0.15, 0.2) is 0 Å². The van der Waals surface area contributed by atoms with Gasteiger partial charge >= 0.3 is 0 Å². The molecule has 0 radical (unpaired) electrons. The molecule has 1 saturated carbocycles. The summed E-state index contributed by atoms with van der Waals surface area (Å²) in [4.78, 5) is 22.0. The van der Waals surface area contributed by atoms with E-state index in [9.17, 15) is 14.9 Å². The summed E-state index contributed by atoms with van der Waals surface area (Å²) in [5.41, 5.74) is 5.51. The minimum absolute atomic E-state index is 0.0463. The minimum atomic E-state index is -0.599. The lowest BCUT2D eigenvalue weighted by Gasteiger charge is -2.06. The predicted octanol–water partition coefficient (Wildman–Crippen LogP) is 1.72. The van der Waals surface area contributed by atoms with Gasteiger partial charge in [-0.3, -0.25) is 14.9 Å². The van der Waals surface area contributed by atoms with Crippen LogP contribution in [0.5, 0.6) is 0 Å². The maximum Gasteiger partial charge on any atom is 0.292 e. The fraction of sp³-hybridized carbons (Fsp3) is 0.500. The zero-order valence-corrected chi connectivity index (χ0v) is 11.7. The highest BCUT2D eigenvalue weighted by Gasteiger charge is 2.20. The maximum atomic E-state index is 11.9. The van der Waals surface area contributed by atoms with Crippen molar-refractivity contribution in [3.8, 4) is 0 Å². The second-order valence-corrected chi connectivity index (χ2v) is 5.16. The van der Waals surface area contributed by atoms with Gasteiger partial charge in [-0.15, -0.1) is 0 Å². The van der Waals surface area contributed by atoms with Crippen molar-refractivity contribution < 1.29 is 14.5 Å². The number of nitro groups is 1. The number of anilines is 1. The first-order valence-electron chi connectivity index (χ1n) is 6.98. The molecule has 0 aromatic heterocycles. The molecule has 0 atom stereocenters. The minimum Gasteiger partial charge on any atom is -0.393 e. The Morgan fingerprint density at radius 3 is 2.90 bits per heavy atom. The van der Waals surface area contributed by atoms with Crippen LogP contribution in [0.3, 0.4) is 0 Å². The first-order valence-corrected chi connectivity index (χ1v) is 6.98. The van der Waals surface area contributed by atoms with E-state index in [-0.39, 0.29) is 22.8 Å². The molecule has 1 fully saturated rings. The molecule has 1 aromatic rings. The van der Waals surface area contributed by atoms with Gasteiger partial charge in [0.05, 0.1) is 4.92 Å². The van der Waals surface area contributed by atoms with Crippen molar-refractivity contribution in [1.29, 1.82) is 0 Å². The summed E-state index contributed by atoms with van der Waals surface area (Å²) in [5, 5.41) is 13.5. The number of amides is 1. The van der Waals surface area contributed by atoms with Crippen molar-refractivity contribution in [2.24, 2.45) is 5.92 Å². The number of carbonyl (C=O) groups is 1. The molecule has 21 heavy (non-hydrogen) atoms. The second kappa shape index (κ2) is 7.03. The van der Waals surface area contributed by atoms with Crippen LogP contribution in [0.2, 0.25) is 0 Å². The van der Waals surface area contributed by atoms with Crippen LogP contribution in [0.4, 0.5) is 11.4 Å². The molecule has 0 saturated heterocycles. The van der Waals surface area contributed by atoms with E-state index < -0.39 is 4.92 Å². The summed E-state index contributed by atoms with van der Waals surface area (Å²) >= 11 is 0. The van der Waals surface area contributed by atoms with Crippen molar-refractivity contribution in [2.45, 2.75) is 19.3 Å². The van der Waals surface area contributed by atoms with Gasteiger partial charge in [-0.05, 0) is 37.3 Å². The topological polar surface area (TPSA) is 107 Å². The summed E-state index contributed by atoms with van der Waals surface area (Å²) in [6.07, 6.45) is 3.23. The molecule has 0 heterocycles. The van der Waals surface area contributed by atoms with Gasteiger partial charge in [-0.1, -0.05) is 0 Å². The zero-order chi connectivity index (χ0) is 15.2. The van der Waals surface area contributed by atoms with E-state index in [2.05, 4.69) is 5.32 Å². The number of nitrogens with zero attached hydrogens (tertiary/aromatic N) is 1. The van der Waals surface area contributed by atoms with Crippen LogP contribution in [0.15, 0.2) is 18.2 Å². The van der Waals surface area contributed by atoms with Gasteiger partial charge in [0, 0.05) is 31.4 Å². The largest absolute Gasteiger partial charge is 0.393 e. The molecule has 1 amide bonds. The molecule has 1 aromatic carbocycles. The Morgan fingerprint density at radius 2 is 2.24 bits per heavy atom. The van der Waals surface area contributed by atoms with E-state index in [0.717, 1.165) is 18.9 Å². The number of nitro benzene ring substituents is 1. The third kappa shape index (κ3) is 4.71. The Balaban J connectivity index is 1.74. The van der Waals surface area contributed by atoms with E-state index in [0.29, 0.717) is 13.2 Å². The van der Waals surface area contributed by atoms with Crippen molar-refractivity contribution in [1.82, 2.24) is 5.32 Å². The number of carbonyl (C=O) groups excluding carboxylic acids is 1. The number of rotatable bonds is 8. The Labute approximate surface area is 122 Å². The molecule has 2 rings (SSSR count). The number of benzene rings is 1. The van der Waals surface area contributed by atoms with E-state index in [1.807, 2.05) is 0 Å². The molecular formula is C14H19N3O4. The second-order valence-electron chi connectivity index (χ2n) is 5.16. The van der Waals surface area contributed by atoms with Crippen LogP contribution < -0.4 is 11.1 Å². The van der Waals surface area contributed by atoms with Crippen LogP contribution in [0, 0.1) is 16.0 Å². The van der Waals surface area contributed by atoms with Gasteiger partial charge in [-0.25, -0.2) is 0 Å². The van der Waals surface area contributed by atoms with Crippen molar-refractivity contribution in [3.63, 3.8) is 0 Å². The fourth-order valence-electron chi connectivity index (χ4n) is 1.86. The number of nitrogen functional groups attached to an aromatic ring is 1. The molecule has 7 heteroatoms. The van der Waals surface area contributed by atoms with E-state index >= 15 is 0 Å². The Hall–Kier alpha value is -2.15. The van der Waals surface area contributed by atoms with Crippen LogP contribution in [0.1, 0.15) is 29.6 Å². The van der Waals surface area contributed by atoms with Crippen LogP contribution >= 0.6 is 0 Å². The first-order chi connectivity index (χ1) is 10.1. The molecule has 114 valence electrons. The van der Waals surface area contributed by atoms with Gasteiger partial charge < -0.3 is 15.8 Å². The predicted molar refractivity (Wildman–Crippen MR) is 78.0 cm³/mol. The number of hydrogen-bond donors (Lipinski definition) is 2. The van der Waals surface area contributed by atoms with E-state index in [4.69, 9.17) is 10.5 Å². The third-order valence-corrected chi connectivity index (χ3v) is 3.29. The molecule has 0 unspecified atom stereocenters. The first kappa shape index (κ1) is 15.2. The highest BCUT2D eigenvalue weighted by atomic mass is 16.6.